The second-order valence-electron chi connectivity index (χ2n) is 6.13. The van der Waals surface area contributed by atoms with E-state index < -0.39 is 0 Å². The molecule has 3 nitrogen and oxygen atoms in total. The molecule has 0 N–H and O–H groups in total. The fraction of sp³-hybridized carbons (Fsp3) is 0.200. The Morgan fingerprint density at radius 3 is 2.74 bits per heavy atom. The third kappa shape index (κ3) is 4.93. The molecule has 0 aliphatic carbocycles. The van der Waals surface area contributed by atoms with Gasteiger partial charge in [-0.3, -0.25) is 9.69 Å². The van der Waals surface area contributed by atoms with Gasteiger partial charge in [0.1, 0.15) is 0 Å². The molecule has 1 amide bonds. The largest absolute Gasteiger partial charge is 0.274 e. The molecule has 0 atom stereocenters. The number of carbonyl (C=O) groups excluding carboxylic acids is 1. The van der Waals surface area contributed by atoms with Crippen molar-refractivity contribution in [2.75, 3.05) is 4.90 Å². The highest BCUT2D eigenvalue weighted by Crippen LogP contribution is 2.38. The summed E-state index contributed by atoms with van der Waals surface area (Å²) in [6, 6.07) is 12.1. The van der Waals surface area contributed by atoms with Crippen molar-refractivity contribution in [3.8, 4) is 0 Å². The van der Waals surface area contributed by atoms with E-state index in [1.54, 1.807) is 16.7 Å². The molecule has 0 unspecified atom stereocenters. The molecular formula is C20H18BrClN2OS2. The molecule has 0 saturated carbocycles. The standard InChI is InChI=1S/C20H18BrClN2OS2/c1-12-7-13(2)19(18(22)8-12)24(14(3)25)20-23-16(11-27-20)10-26-17-6-4-5-15(21)9-17/h4-9,11H,10H2,1-3H3. The van der Waals surface area contributed by atoms with E-state index in [0.29, 0.717) is 15.8 Å². The van der Waals surface area contributed by atoms with E-state index in [4.69, 9.17) is 11.6 Å². The molecule has 1 heterocycles. The number of amides is 1. The minimum atomic E-state index is -0.107. The van der Waals surface area contributed by atoms with Gasteiger partial charge < -0.3 is 0 Å². The number of aromatic nitrogens is 1. The van der Waals surface area contributed by atoms with Gasteiger partial charge in [0.2, 0.25) is 5.91 Å². The van der Waals surface area contributed by atoms with E-state index in [0.717, 1.165) is 27.0 Å². The number of nitrogens with zero attached hydrogens (tertiary/aromatic N) is 2. The molecule has 0 aliphatic heterocycles. The van der Waals surface area contributed by atoms with Crippen LogP contribution in [0.25, 0.3) is 0 Å². The van der Waals surface area contributed by atoms with Crippen LogP contribution in [-0.2, 0) is 10.5 Å². The zero-order valence-electron chi connectivity index (χ0n) is 15.1. The number of hydrogen-bond acceptors (Lipinski definition) is 4. The van der Waals surface area contributed by atoms with Gasteiger partial charge >= 0.3 is 0 Å². The topological polar surface area (TPSA) is 33.2 Å². The first-order valence-electron chi connectivity index (χ1n) is 8.25. The van der Waals surface area contributed by atoms with Crippen LogP contribution in [-0.4, -0.2) is 10.9 Å². The Labute approximate surface area is 180 Å². The number of aryl methyl sites for hydroxylation is 2. The van der Waals surface area contributed by atoms with Gasteiger partial charge in [0.25, 0.3) is 0 Å². The lowest BCUT2D eigenvalue weighted by Crippen LogP contribution is -2.24. The molecule has 0 aliphatic rings. The second-order valence-corrected chi connectivity index (χ2v) is 9.34. The fourth-order valence-electron chi connectivity index (χ4n) is 2.76. The lowest BCUT2D eigenvalue weighted by atomic mass is 10.1. The predicted molar refractivity (Wildman–Crippen MR) is 120 cm³/mol. The van der Waals surface area contributed by atoms with Crippen molar-refractivity contribution < 1.29 is 4.79 Å². The van der Waals surface area contributed by atoms with E-state index in [1.807, 2.05) is 43.5 Å². The summed E-state index contributed by atoms with van der Waals surface area (Å²) in [6.07, 6.45) is 0. The molecule has 0 spiro atoms. The van der Waals surface area contributed by atoms with Crippen LogP contribution in [0.4, 0.5) is 10.8 Å². The fourth-order valence-corrected chi connectivity index (χ4v) is 5.54. The van der Waals surface area contributed by atoms with Gasteiger partial charge in [-0.2, -0.15) is 0 Å². The molecular weight excluding hydrogens is 464 g/mol. The molecule has 0 fully saturated rings. The van der Waals surface area contributed by atoms with E-state index in [1.165, 1.54) is 23.2 Å². The van der Waals surface area contributed by atoms with Crippen molar-refractivity contribution in [2.24, 2.45) is 0 Å². The van der Waals surface area contributed by atoms with Crippen molar-refractivity contribution in [1.29, 1.82) is 0 Å². The lowest BCUT2D eigenvalue weighted by Gasteiger charge is -2.22. The minimum Gasteiger partial charge on any atom is -0.274 e. The first-order valence-corrected chi connectivity index (χ1v) is 11.3. The van der Waals surface area contributed by atoms with Crippen LogP contribution in [0, 0.1) is 13.8 Å². The van der Waals surface area contributed by atoms with E-state index in [9.17, 15) is 4.79 Å². The molecule has 140 valence electrons. The van der Waals surface area contributed by atoms with Crippen LogP contribution in [0.3, 0.4) is 0 Å². The third-order valence-corrected chi connectivity index (χ3v) is 6.53. The quantitative estimate of drug-likeness (QED) is 0.363. The maximum atomic E-state index is 12.4. The van der Waals surface area contributed by atoms with Crippen LogP contribution >= 0.6 is 50.6 Å². The second kappa shape index (κ2) is 8.78. The summed E-state index contributed by atoms with van der Waals surface area (Å²) in [5.41, 5.74) is 3.66. The average Bonchev–Trinajstić information content (AvgIpc) is 3.04. The zero-order chi connectivity index (χ0) is 19.6. The summed E-state index contributed by atoms with van der Waals surface area (Å²) in [7, 11) is 0. The number of rotatable bonds is 5. The number of hydrogen-bond donors (Lipinski definition) is 0. The Morgan fingerprint density at radius 1 is 1.30 bits per heavy atom. The van der Waals surface area contributed by atoms with Gasteiger partial charge in [-0.05, 0) is 49.2 Å². The molecule has 0 saturated heterocycles. The smallest absolute Gasteiger partial charge is 0.230 e. The summed E-state index contributed by atoms with van der Waals surface area (Å²) in [5, 5.41) is 3.19. The summed E-state index contributed by atoms with van der Waals surface area (Å²) in [5.74, 6) is 0.628. The van der Waals surface area contributed by atoms with Crippen molar-refractivity contribution in [2.45, 2.75) is 31.4 Å². The molecule has 0 radical (unpaired) electrons. The highest BCUT2D eigenvalue weighted by molar-refractivity contribution is 9.10. The molecule has 2 aromatic carbocycles. The number of thioether (sulfide) groups is 1. The Morgan fingerprint density at radius 2 is 2.07 bits per heavy atom. The lowest BCUT2D eigenvalue weighted by molar-refractivity contribution is -0.115. The van der Waals surface area contributed by atoms with Crippen molar-refractivity contribution >= 4 is 67.4 Å². The van der Waals surface area contributed by atoms with Gasteiger partial charge in [0.05, 0.1) is 16.4 Å². The molecule has 7 heteroatoms. The van der Waals surface area contributed by atoms with Crippen LogP contribution in [0.5, 0.6) is 0 Å². The Bertz CT molecular complexity index is 967. The molecule has 27 heavy (non-hydrogen) atoms. The summed E-state index contributed by atoms with van der Waals surface area (Å²) in [4.78, 5) is 19.8. The molecule has 0 bridgehead atoms. The van der Waals surface area contributed by atoms with Crippen molar-refractivity contribution in [3.63, 3.8) is 0 Å². The van der Waals surface area contributed by atoms with E-state index >= 15 is 0 Å². The van der Waals surface area contributed by atoms with Crippen molar-refractivity contribution in [1.82, 2.24) is 4.98 Å². The highest BCUT2D eigenvalue weighted by atomic mass is 79.9. The number of anilines is 2. The van der Waals surface area contributed by atoms with Crippen LogP contribution in [0.2, 0.25) is 5.02 Å². The Kier molecular flexibility index (Phi) is 6.63. The maximum absolute atomic E-state index is 12.4. The number of carbonyl (C=O) groups is 1. The Hall–Kier alpha value is -1.34. The van der Waals surface area contributed by atoms with Gasteiger partial charge in [-0.25, -0.2) is 4.98 Å². The summed E-state index contributed by atoms with van der Waals surface area (Å²) >= 11 is 13.1. The van der Waals surface area contributed by atoms with E-state index in [-0.39, 0.29) is 5.91 Å². The van der Waals surface area contributed by atoms with Crippen molar-refractivity contribution in [3.05, 3.63) is 68.1 Å². The molecule has 3 aromatic rings. The van der Waals surface area contributed by atoms with Crippen LogP contribution < -0.4 is 4.90 Å². The van der Waals surface area contributed by atoms with Gasteiger partial charge in [-0.15, -0.1) is 23.1 Å². The molecule has 1 aromatic heterocycles. The highest BCUT2D eigenvalue weighted by Gasteiger charge is 2.22. The first-order chi connectivity index (χ1) is 12.8. The maximum Gasteiger partial charge on any atom is 0.230 e. The number of thiazole rings is 1. The zero-order valence-corrected chi connectivity index (χ0v) is 19.1. The van der Waals surface area contributed by atoms with Gasteiger partial charge in [-0.1, -0.05) is 39.7 Å². The number of benzene rings is 2. The third-order valence-electron chi connectivity index (χ3n) is 3.85. The monoisotopic (exact) mass is 480 g/mol. The normalized spacial score (nSPS) is 10.9. The SMILES string of the molecule is CC(=O)N(c1nc(CSc2cccc(Br)c2)cs1)c1c(C)cc(C)cc1Cl. The predicted octanol–water partition coefficient (Wildman–Crippen LogP) is 7.15. The summed E-state index contributed by atoms with van der Waals surface area (Å²) in [6.45, 7) is 5.48. The molecule has 3 rings (SSSR count). The first kappa shape index (κ1) is 20.4. The van der Waals surface area contributed by atoms with E-state index in [2.05, 4.69) is 33.0 Å². The number of halogens is 2. The Balaban J connectivity index is 1.85. The van der Waals surface area contributed by atoms with Gasteiger partial charge in [0.15, 0.2) is 5.13 Å². The minimum absolute atomic E-state index is 0.107. The van der Waals surface area contributed by atoms with Crippen LogP contribution in [0.1, 0.15) is 23.7 Å². The van der Waals surface area contributed by atoms with Crippen LogP contribution in [0.15, 0.2) is 51.1 Å². The summed E-state index contributed by atoms with van der Waals surface area (Å²) < 4.78 is 1.05. The average molecular weight is 482 g/mol. The van der Waals surface area contributed by atoms with Gasteiger partial charge in [0, 0.05) is 27.4 Å².